The molecule has 3 aliphatic rings. The minimum absolute atomic E-state index is 0.600. The van der Waals surface area contributed by atoms with Gasteiger partial charge in [0.05, 0.1) is 5.52 Å². The lowest BCUT2D eigenvalue weighted by Gasteiger charge is -2.55. The lowest BCUT2D eigenvalue weighted by molar-refractivity contribution is -0.0200. The van der Waals surface area contributed by atoms with Crippen LogP contribution in [0.25, 0.3) is 11.0 Å². The van der Waals surface area contributed by atoms with Crippen molar-refractivity contribution in [3.8, 4) is 0 Å². The molecule has 5 heterocycles. The zero-order valence-corrected chi connectivity index (χ0v) is 17.1. The summed E-state index contributed by atoms with van der Waals surface area (Å²) in [5.41, 5.74) is 3.64. The monoisotopic (exact) mass is 387 g/mol. The van der Waals surface area contributed by atoms with Crippen LogP contribution in [-0.4, -0.2) is 45.5 Å². The first-order chi connectivity index (χ1) is 14.3. The summed E-state index contributed by atoms with van der Waals surface area (Å²) >= 11 is 0. The van der Waals surface area contributed by atoms with Crippen LogP contribution < -0.4 is 4.90 Å². The van der Waals surface area contributed by atoms with Crippen LogP contribution in [0.5, 0.6) is 0 Å². The molecule has 0 aliphatic carbocycles. The Morgan fingerprint density at radius 1 is 1.00 bits per heavy atom. The van der Waals surface area contributed by atoms with Crippen LogP contribution in [-0.2, 0) is 0 Å². The van der Waals surface area contributed by atoms with Gasteiger partial charge in [-0.15, -0.1) is 0 Å². The van der Waals surface area contributed by atoms with Crippen molar-refractivity contribution in [2.24, 2.45) is 11.8 Å². The number of benzene rings is 1. The normalized spacial score (nSPS) is 29.8. The number of anilines is 1. The van der Waals surface area contributed by atoms with Crippen molar-refractivity contribution in [1.82, 2.24) is 19.9 Å². The first kappa shape index (κ1) is 17.5. The van der Waals surface area contributed by atoms with Crippen LogP contribution in [0.2, 0.25) is 0 Å². The molecule has 0 spiro atoms. The summed E-state index contributed by atoms with van der Waals surface area (Å²) in [7, 11) is 0. The predicted molar refractivity (Wildman–Crippen MR) is 116 cm³/mol. The van der Waals surface area contributed by atoms with Gasteiger partial charge in [-0.25, -0.2) is 9.97 Å². The smallest absolute Gasteiger partial charge is 0.156 e. The van der Waals surface area contributed by atoms with Crippen molar-refractivity contribution < 1.29 is 0 Å². The van der Waals surface area contributed by atoms with Gasteiger partial charge in [0.2, 0.25) is 0 Å². The molecule has 6 rings (SSSR count). The fraction of sp³-hybridized carbons (Fsp3) is 0.500. The van der Waals surface area contributed by atoms with E-state index in [-0.39, 0.29) is 0 Å². The maximum atomic E-state index is 4.86. The van der Waals surface area contributed by atoms with E-state index < -0.39 is 0 Å². The number of hydrogen-bond donors (Lipinski definition) is 1. The van der Waals surface area contributed by atoms with Crippen LogP contribution in [0.3, 0.4) is 0 Å². The van der Waals surface area contributed by atoms with Gasteiger partial charge in [-0.2, -0.15) is 0 Å². The fourth-order valence-corrected chi connectivity index (χ4v) is 6.28. The Labute approximate surface area is 172 Å². The van der Waals surface area contributed by atoms with Gasteiger partial charge in [-0.05, 0) is 56.1 Å². The van der Waals surface area contributed by atoms with E-state index in [1.807, 2.05) is 13.1 Å². The highest BCUT2D eigenvalue weighted by atomic mass is 15.3. The number of nitrogens with one attached hydrogen (secondary N) is 1. The van der Waals surface area contributed by atoms with Gasteiger partial charge < -0.3 is 9.88 Å². The molecule has 150 valence electrons. The Balaban J connectivity index is 1.30. The number of piperidine rings is 3. The maximum Gasteiger partial charge on any atom is 0.156 e. The van der Waals surface area contributed by atoms with Crippen LogP contribution in [0.1, 0.15) is 43.1 Å². The van der Waals surface area contributed by atoms with E-state index in [4.69, 9.17) is 4.98 Å². The second kappa shape index (κ2) is 6.84. The summed E-state index contributed by atoms with van der Waals surface area (Å²) in [5, 5.41) is 0. The Bertz CT molecular complexity index is 1010. The Kier molecular flexibility index (Phi) is 4.12. The van der Waals surface area contributed by atoms with Crippen molar-refractivity contribution in [2.75, 3.05) is 24.5 Å². The van der Waals surface area contributed by atoms with Crippen molar-refractivity contribution in [3.05, 3.63) is 54.0 Å². The van der Waals surface area contributed by atoms with E-state index >= 15 is 0 Å². The average molecular weight is 388 g/mol. The molecule has 29 heavy (non-hydrogen) atoms. The largest absolute Gasteiger partial charge is 0.357 e. The number of aromatic nitrogens is 3. The molecule has 0 amide bonds. The zero-order chi connectivity index (χ0) is 19.4. The van der Waals surface area contributed by atoms with E-state index in [1.165, 1.54) is 37.8 Å². The minimum Gasteiger partial charge on any atom is -0.357 e. The number of nitrogens with zero attached hydrogens (tertiary/aromatic N) is 4. The maximum absolute atomic E-state index is 4.86. The standard InChI is InChI=1S/C24H29N5/c1-16-26-20-10-11-25-23(20)24(27-16)28-13-17-12-19(15-28)22-9-5-8-21(29(22)14-17)18-6-3-2-4-7-18/h2-4,6-7,10-11,17,19,21-22,25H,5,8-9,12-15H2,1H3/t17-,19+,21+,22-/m0/s1. The van der Waals surface area contributed by atoms with Gasteiger partial charge in [0.1, 0.15) is 11.3 Å². The third kappa shape index (κ3) is 2.94. The van der Waals surface area contributed by atoms with E-state index in [0.717, 1.165) is 47.6 Å². The summed E-state index contributed by atoms with van der Waals surface area (Å²) in [6, 6.07) is 14.6. The van der Waals surface area contributed by atoms with Gasteiger partial charge >= 0.3 is 0 Å². The van der Waals surface area contributed by atoms with E-state index in [0.29, 0.717) is 12.1 Å². The molecule has 0 unspecified atom stereocenters. The van der Waals surface area contributed by atoms with Gasteiger partial charge in [0.15, 0.2) is 5.82 Å². The van der Waals surface area contributed by atoms with Crippen LogP contribution in [0, 0.1) is 18.8 Å². The summed E-state index contributed by atoms with van der Waals surface area (Å²) in [4.78, 5) is 18.3. The van der Waals surface area contributed by atoms with E-state index in [9.17, 15) is 0 Å². The van der Waals surface area contributed by atoms with Crippen molar-refractivity contribution in [2.45, 2.75) is 44.7 Å². The second-order valence-electron chi connectivity index (χ2n) is 9.22. The number of aryl methyl sites for hydroxylation is 1. The summed E-state index contributed by atoms with van der Waals surface area (Å²) in [6.45, 7) is 5.44. The van der Waals surface area contributed by atoms with Crippen LogP contribution in [0.15, 0.2) is 42.6 Å². The third-order valence-electron chi connectivity index (χ3n) is 7.37. The highest BCUT2D eigenvalue weighted by Gasteiger charge is 2.45. The highest BCUT2D eigenvalue weighted by molar-refractivity contribution is 5.86. The van der Waals surface area contributed by atoms with Crippen molar-refractivity contribution in [3.63, 3.8) is 0 Å². The summed E-state index contributed by atoms with van der Waals surface area (Å²) < 4.78 is 0. The van der Waals surface area contributed by atoms with E-state index in [1.54, 1.807) is 0 Å². The van der Waals surface area contributed by atoms with Gasteiger partial charge in [-0.1, -0.05) is 30.3 Å². The highest BCUT2D eigenvalue weighted by Crippen LogP contribution is 2.45. The molecule has 3 aromatic rings. The first-order valence-electron chi connectivity index (χ1n) is 11.1. The molecule has 3 saturated heterocycles. The summed E-state index contributed by atoms with van der Waals surface area (Å²) in [5.74, 6) is 3.42. The molecule has 3 aliphatic heterocycles. The molecule has 3 fully saturated rings. The van der Waals surface area contributed by atoms with Gasteiger partial charge in [0, 0.05) is 37.9 Å². The van der Waals surface area contributed by atoms with Gasteiger partial charge in [0.25, 0.3) is 0 Å². The van der Waals surface area contributed by atoms with Crippen molar-refractivity contribution >= 4 is 16.9 Å². The molecular weight excluding hydrogens is 358 g/mol. The van der Waals surface area contributed by atoms with Crippen LogP contribution >= 0.6 is 0 Å². The number of rotatable bonds is 2. The molecule has 2 bridgehead atoms. The van der Waals surface area contributed by atoms with Crippen molar-refractivity contribution in [1.29, 1.82) is 0 Å². The average Bonchev–Trinajstić information content (AvgIpc) is 3.21. The Morgan fingerprint density at radius 3 is 2.79 bits per heavy atom. The number of fused-ring (bicyclic) bond motifs is 5. The Morgan fingerprint density at radius 2 is 1.90 bits per heavy atom. The molecule has 5 nitrogen and oxygen atoms in total. The predicted octanol–water partition coefficient (Wildman–Crippen LogP) is 4.32. The summed E-state index contributed by atoms with van der Waals surface area (Å²) in [6.07, 6.45) is 7.35. The first-order valence-corrected chi connectivity index (χ1v) is 11.1. The van der Waals surface area contributed by atoms with Gasteiger partial charge in [-0.3, -0.25) is 4.90 Å². The molecule has 1 N–H and O–H groups in total. The fourth-order valence-electron chi connectivity index (χ4n) is 6.28. The SMILES string of the molecule is Cc1nc(N2C[C@@H]3C[C@H](C2)[C@@H]2CCC[C@H](c4ccccc4)N2C3)c2[nH]ccc2n1. The molecule has 4 atom stereocenters. The quantitative estimate of drug-likeness (QED) is 0.711. The third-order valence-corrected chi connectivity index (χ3v) is 7.37. The number of aromatic amines is 1. The second-order valence-corrected chi connectivity index (χ2v) is 9.22. The molecule has 1 aromatic carbocycles. The van der Waals surface area contributed by atoms with Crippen LogP contribution in [0.4, 0.5) is 5.82 Å². The molecular formula is C24H29N5. The lowest BCUT2D eigenvalue weighted by Crippen LogP contribution is -2.59. The molecule has 5 heteroatoms. The zero-order valence-electron chi connectivity index (χ0n) is 17.1. The number of hydrogen-bond acceptors (Lipinski definition) is 4. The Hall–Kier alpha value is -2.40. The topological polar surface area (TPSA) is 48.1 Å². The number of H-pyrrole nitrogens is 1. The molecule has 0 radical (unpaired) electrons. The lowest BCUT2D eigenvalue weighted by atomic mass is 9.74. The molecule has 2 aromatic heterocycles. The minimum atomic E-state index is 0.600. The molecule has 0 saturated carbocycles. The van der Waals surface area contributed by atoms with E-state index in [2.05, 4.69) is 56.2 Å².